The van der Waals surface area contributed by atoms with Crippen LogP contribution in [0.5, 0.6) is 5.75 Å². The molecular weight excluding hydrogens is 236 g/mol. The fourth-order valence-electron chi connectivity index (χ4n) is 1.90. The fourth-order valence-corrected chi connectivity index (χ4v) is 1.90. The van der Waals surface area contributed by atoms with Gasteiger partial charge in [-0.25, -0.2) is 4.79 Å². The summed E-state index contributed by atoms with van der Waals surface area (Å²) in [5, 5.41) is 24.0. The molecule has 0 bridgehead atoms. The number of aromatic hydroxyl groups is 1. The van der Waals surface area contributed by atoms with Gasteiger partial charge >= 0.3 is 5.97 Å². The van der Waals surface area contributed by atoms with Crippen molar-refractivity contribution in [2.24, 2.45) is 0 Å². The Morgan fingerprint density at radius 2 is 2.17 bits per heavy atom. The van der Waals surface area contributed by atoms with Crippen molar-refractivity contribution < 1.29 is 19.8 Å². The second-order valence-corrected chi connectivity index (χ2v) is 4.18. The summed E-state index contributed by atoms with van der Waals surface area (Å²) in [6.45, 7) is 0.791. The summed E-state index contributed by atoms with van der Waals surface area (Å²) >= 11 is 0. The van der Waals surface area contributed by atoms with E-state index in [1.54, 1.807) is 0 Å². The molecule has 0 spiro atoms. The van der Waals surface area contributed by atoms with Crippen molar-refractivity contribution in [1.82, 2.24) is 5.32 Å². The Hall–Kier alpha value is -2.08. The first-order valence-corrected chi connectivity index (χ1v) is 5.68. The van der Waals surface area contributed by atoms with E-state index in [2.05, 4.69) is 10.6 Å². The molecular formula is C12H14N2O4. The average Bonchev–Trinajstić information content (AvgIpc) is 2.85. The average molecular weight is 250 g/mol. The van der Waals surface area contributed by atoms with Crippen LogP contribution >= 0.6 is 0 Å². The van der Waals surface area contributed by atoms with E-state index < -0.39 is 5.97 Å². The number of rotatable bonds is 3. The van der Waals surface area contributed by atoms with E-state index in [9.17, 15) is 14.7 Å². The molecule has 1 aromatic rings. The molecule has 0 aliphatic carbocycles. The minimum atomic E-state index is -1.11. The molecule has 0 radical (unpaired) electrons. The van der Waals surface area contributed by atoms with E-state index in [-0.39, 0.29) is 28.9 Å². The van der Waals surface area contributed by atoms with Gasteiger partial charge in [-0.3, -0.25) is 4.79 Å². The standard InChI is InChI=1S/C12H14N2O4/c15-10-4-3-7(12(17)18)6-9(10)14-11(16)8-2-1-5-13-8/h3-4,6,8,13,15H,1-2,5H2,(H,14,16)(H,17,18)/t8-/m0/s1. The monoisotopic (exact) mass is 250 g/mol. The zero-order chi connectivity index (χ0) is 13.1. The molecule has 1 aromatic carbocycles. The third-order valence-electron chi connectivity index (χ3n) is 2.88. The second kappa shape index (κ2) is 5.05. The van der Waals surface area contributed by atoms with Crippen molar-refractivity contribution in [3.8, 4) is 5.75 Å². The second-order valence-electron chi connectivity index (χ2n) is 4.18. The molecule has 6 heteroatoms. The third-order valence-corrected chi connectivity index (χ3v) is 2.88. The number of phenols is 1. The molecule has 0 unspecified atom stereocenters. The Labute approximate surface area is 104 Å². The van der Waals surface area contributed by atoms with Gasteiger partial charge in [0.2, 0.25) is 5.91 Å². The van der Waals surface area contributed by atoms with Crippen molar-refractivity contribution in [1.29, 1.82) is 0 Å². The number of hydrogen-bond donors (Lipinski definition) is 4. The number of hydrogen-bond acceptors (Lipinski definition) is 4. The molecule has 1 amide bonds. The van der Waals surface area contributed by atoms with Crippen LogP contribution in [0.1, 0.15) is 23.2 Å². The highest BCUT2D eigenvalue weighted by molar-refractivity contribution is 5.98. The zero-order valence-corrected chi connectivity index (χ0v) is 9.64. The first-order chi connectivity index (χ1) is 8.58. The van der Waals surface area contributed by atoms with E-state index in [0.29, 0.717) is 0 Å². The number of carboxylic acid groups (broad SMARTS) is 1. The maximum absolute atomic E-state index is 11.8. The predicted molar refractivity (Wildman–Crippen MR) is 64.7 cm³/mol. The van der Waals surface area contributed by atoms with E-state index in [0.717, 1.165) is 19.4 Å². The molecule has 1 atom stereocenters. The molecule has 0 aromatic heterocycles. The Morgan fingerprint density at radius 1 is 1.39 bits per heavy atom. The molecule has 6 nitrogen and oxygen atoms in total. The van der Waals surface area contributed by atoms with Crippen molar-refractivity contribution >= 4 is 17.6 Å². The largest absolute Gasteiger partial charge is 0.506 e. The van der Waals surface area contributed by atoms with Gasteiger partial charge < -0.3 is 20.8 Å². The van der Waals surface area contributed by atoms with Gasteiger partial charge in [0.25, 0.3) is 0 Å². The summed E-state index contributed by atoms with van der Waals surface area (Å²) in [6, 6.07) is 3.49. The van der Waals surface area contributed by atoms with Crippen molar-refractivity contribution in [2.45, 2.75) is 18.9 Å². The van der Waals surface area contributed by atoms with Gasteiger partial charge in [-0.2, -0.15) is 0 Å². The minimum absolute atomic E-state index is 0.0162. The first kappa shape index (κ1) is 12.4. The maximum atomic E-state index is 11.8. The smallest absolute Gasteiger partial charge is 0.335 e. The number of nitrogens with one attached hydrogen (secondary N) is 2. The highest BCUT2D eigenvalue weighted by atomic mass is 16.4. The number of aromatic carboxylic acids is 1. The molecule has 1 saturated heterocycles. The van der Waals surface area contributed by atoms with E-state index in [1.807, 2.05) is 0 Å². The van der Waals surface area contributed by atoms with Crippen LogP contribution in [0.4, 0.5) is 5.69 Å². The van der Waals surface area contributed by atoms with Crippen LogP contribution in [0.15, 0.2) is 18.2 Å². The van der Waals surface area contributed by atoms with Gasteiger partial charge in [0.15, 0.2) is 0 Å². The molecule has 2 rings (SSSR count). The molecule has 1 fully saturated rings. The molecule has 18 heavy (non-hydrogen) atoms. The van der Waals surface area contributed by atoms with Gasteiger partial charge in [0, 0.05) is 0 Å². The number of anilines is 1. The molecule has 1 aliphatic heterocycles. The van der Waals surface area contributed by atoms with Gasteiger partial charge in [0.05, 0.1) is 17.3 Å². The summed E-state index contributed by atoms with van der Waals surface area (Å²) in [5.74, 6) is -1.51. The quantitative estimate of drug-likeness (QED) is 0.594. The topological polar surface area (TPSA) is 98.7 Å². The minimum Gasteiger partial charge on any atom is -0.506 e. The van der Waals surface area contributed by atoms with Gasteiger partial charge in [-0.15, -0.1) is 0 Å². The van der Waals surface area contributed by atoms with Crippen LogP contribution in [0, 0.1) is 0 Å². The summed E-state index contributed by atoms with van der Waals surface area (Å²) in [6.07, 6.45) is 1.67. The van der Waals surface area contributed by atoms with Crippen LogP contribution < -0.4 is 10.6 Å². The number of carbonyl (C=O) groups excluding carboxylic acids is 1. The van der Waals surface area contributed by atoms with Crippen LogP contribution in [-0.2, 0) is 4.79 Å². The number of phenolic OH excluding ortho intramolecular Hbond substituents is 1. The lowest BCUT2D eigenvalue weighted by Gasteiger charge is -2.12. The third kappa shape index (κ3) is 2.60. The summed E-state index contributed by atoms with van der Waals surface area (Å²) in [7, 11) is 0. The summed E-state index contributed by atoms with van der Waals surface area (Å²) in [4.78, 5) is 22.6. The predicted octanol–water partition coefficient (Wildman–Crippen LogP) is 0.781. The maximum Gasteiger partial charge on any atom is 0.335 e. The first-order valence-electron chi connectivity index (χ1n) is 5.68. The summed E-state index contributed by atoms with van der Waals surface area (Å²) < 4.78 is 0. The van der Waals surface area contributed by atoms with Crippen molar-refractivity contribution in [3.05, 3.63) is 23.8 Å². The Morgan fingerprint density at radius 3 is 2.78 bits per heavy atom. The lowest BCUT2D eigenvalue weighted by atomic mass is 10.1. The van der Waals surface area contributed by atoms with Gasteiger partial charge in [-0.1, -0.05) is 0 Å². The van der Waals surface area contributed by atoms with Crippen LogP contribution in [0.3, 0.4) is 0 Å². The SMILES string of the molecule is O=C(O)c1ccc(O)c(NC(=O)[C@@H]2CCCN2)c1. The van der Waals surface area contributed by atoms with Crippen LogP contribution in [0.2, 0.25) is 0 Å². The zero-order valence-electron chi connectivity index (χ0n) is 9.64. The summed E-state index contributed by atoms with van der Waals surface area (Å²) in [5.41, 5.74) is 0.135. The van der Waals surface area contributed by atoms with Crippen LogP contribution in [0.25, 0.3) is 0 Å². The normalized spacial score (nSPS) is 18.6. The van der Waals surface area contributed by atoms with E-state index in [4.69, 9.17) is 5.11 Å². The lowest BCUT2D eigenvalue weighted by molar-refractivity contribution is -0.117. The van der Waals surface area contributed by atoms with E-state index in [1.165, 1.54) is 18.2 Å². The van der Waals surface area contributed by atoms with Gasteiger partial charge in [-0.05, 0) is 37.6 Å². The molecule has 0 saturated carbocycles. The van der Waals surface area contributed by atoms with E-state index >= 15 is 0 Å². The molecule has 1 heterocycles. The van der Waals surface area contributed by atoms with Gasteiger partial charge in [0.1, 0.15) is 5.75 Å². The Balaban J connectivity index is 2.14. The number of carbonyl (C=O) groups is 2. The number of carboxylic acids is 1. The Bertz CT molecular complexity index is 481. The fraction of sp³-hybridized carbons (Fsp3) is 0.333. The highest BCUT2D eigenvalue weighted by Crippen LogP contribution is 2.24. The number of amides is 1. The molecule has 4 N–H and O–H groups in total. The number of benzene rings is 1. The highest BCUT2D eigenvalue weighted by Gasteiger charge is 2.22. The molecule has 1 aliphatic rings. The van der Waals surface area contributed by atoms with Crippen molar-refractivity contribution in [3.63, 3.8) is 0 Å². The van der Waals surface area contributed by atoms with Crippen LogP contribution in [-0.4, -0.2) is 34.7 Å². The molecule has 96 valence electrons. The Kier molecular flexibility index (Phi) is 3.47. The van der Waals surface area contributed by atoms with Crippen molar-refractivity contribution in [2.75, 3.05) is 11.9 Å². The lowest BCUT2D eigenvalue weighted by Crippen LogP contribution is -2.35.